The summed E-state index contributed by atoms with van der Waals surface area (Å²) in [7, 11) is 0. The Hall–Kier alpha value is -0.0800. The van der Waals surface area contributed by atoms with E-state index < -0.39 is 0 Å². The quantitative estimate of drug-likeness (QED) is 0.665. The molecule has 0 spiro atoms. The van der Waals surface area contributed by atoms with E-state index in [-0.39, 0.29) is 0 Å². The number of ether oxygens (including phenoxy) is 1. The SMILES string of the molecule is CC(C)O[C@@H](C)C1CN(C(C)C)C1. The highest BCUT2D eigenvalue weighted by atomic mass is 16.5. The monoisotopic (exact) mass is 185 g/mol. The van der Waals surface area contributed by atoms with Crippen LogP contribution < -0.4 is 0 Å². The van der Waals surface area contributed by atoms with Crippen molar-refractivity contribution in [1.82, 2.24) is 4.90 Å². The molecule has 0 unspecified atom stereocenters. The highest BCUT2D eigenvalue weighted by Crippen LogP contribution is 2.23. The third-order valence-electron chi connectivity index (χ3n) is 2.82. The second-order valence-corrected chi connectivity index (χ2v) is 4.70. The molecule has 1 aliphatic rings. The van der Waals surface area contributed by atoms with E-state index >= 15 is 0 Å². The maximum absolute atomic E-state index is 5.76. The van der Waals surface area contributed by atoms with Crippen LogP contribution in [0.25, 0.3) is 0 Å². The van der Waals surface area contributed by atoms with Gasteiger partial charge >= 0.3 is 0 Å². The first-order valence-electron chi connectivity index (χ1n) is 5.40. The predicted octanol–water partition coefficient (Wildman–Crippen LogP) is 2.14. The topological polar surface area (TPSA) is 12.5 Å². The summed E-state index contributed by atoms with van der Waals surface area (Å²) in [6.45, 7) is 13.3. The average Bonchev–Trinajstić information content (AvgIpc) is 1.79. The largest absolute Gasteiger partial charge is 0.375 e. The zero-order valence-corrected chi connectivity index (χ0v) is 9.58. The highest BCUT2D eigenvalue weighted by molar-refractivity contribution is 4.85. The molecule has 0 aromatic rings. The van der Waals surface area contributed by atoms with E-state index in [1.807, 2.05) is 0 Å². The lowest BCUT2D eigenvalue weighted by Gasteiger charge is -2.45. The lowest BCUT2D eigenvalue weighted by atomic mass is 9.93. The third-order valence-corrected chi connectivity index (χ3v) is 2.82. The van der Waals surface area contributed by atoms with Gasteiger partial charge in [0.1, 0.15) is 0 Å². The highest BCUT2D eigenvalue weighted by Gasteiger charge is 2.33. The van der Waals surface area contributed by atoms with Crippen molar-refractivity contribution < 1.29 is 4.74 Å². The van der Waals surface area contributed by atoms with Crippen molar-refractivity contribution in [3.63, 3.8) is 0 Å². The summed E-state index contributed by atoms with van der Waals surface area (Å²) in [6.07, 6.45) is 0.790. The molecular weight excluding hydrogens is 162 g/mol. The zero-order valence-electron chi connectivity index (χ0n) is 9.58. The van der Waals surface area contributed by atoms with Gasteiger partial charge in [0, 0.05) is 25.0 Å². The van der Waals surface area contributed by atoms with Crippen LogP contribution in [0.15, 0.2) is 0 Å². The van der Waals surface area contributed by atoms with Gasteiger partial charge in [-0.25, -0.2) is 0 Å². The van der Waals surface area contributed by atoms with E-state index in [1.165, 1.54) is 13.1 Å². The van der Waals surface area contributed by atoms with Gasteiger partial charge in [0.2, 0.25) is 0 Å². The first-order chi connectivity index (χ1) is 6.00. The van der Waals surface area contributed by atoms with Crippen molar-refractivity contribution >= 4 is 0 Å². The van der Waals surface area contributed by atoms with Crippen LogP contribution in [0, 0.1) is 5.92 Å². The molecule has 13 heavy (non-hydrogen) atoms. The van der Waals surface area contributed by atoms with Crippen molar-refractivity contribution in [2.45, 2.75) is 52.9 Å². The molecule has 1 rings (SSSR count). The van der Waals surface area contributed by atoms with E-state index in [9.17, 15) is 0 Å². The third kappa shape index (κ3) is 2.96. The Morgan fingerprint density at radius 1 is 1.08 bits per heavy atom. The van der Waals surface area contributed by atoms with Crippen molar-refractivity contribution in [1.29, 1.82) is 0 Å². The second kappa shape index (κ2) is 4.43. The van der Waals surface area contributed by atoms with Crippen molar-refractivity contribution in [2.24, 2.45) is 5.92 Å². The van der Waals surface area contributed by atoms with Crippen LogP contribution in [0.5, 0.6) is 0 Å². The molecule has 0 bridgehead atoms. The van der Waals surface area contributed by atoms with Gasteiger partial charge in [-0.15, -0.1) is 0 Å². The van der Waals surface area contributed by atoms with Crippen LogP contribution in [-0.2, 0) is 4.74 Å². The minimum atomic E-state index is 0.364. The Balaban J connectivity index is 2.19. The molecule has 0 aliphatic carbocycles. The van der Waals surface area contributed by atoms with Crippen LogP contribution in [0.2, 0.25) is 0 Å². The standard InChI is InChI=1S/C11H23NO/c1-8(2)12-6-11(7-12)10(5)13-9(3)4/h8-11H,6-7H2,1-5H3/t10-/m0/s1. The Bertz CT molecular complexity index is 150. The molecule has 2 heteroatoms. The molecule has 1 saturated heterocycles. The molecule has 0 amide bonds. The minimum absolute atomic E-state index is 0.364. The summed E-state index contributed by atoms with van der Waals surface area (Å²) in [5.41, 5.74) is 0. The molecule has 0 aromatic heterocycles. The summed E-state index contributed by atoms with van der Waals surface area (Å²) in [6, 6.07) is 0.697. The Morgan fingerprint density at radius 3 is 2.00 bits per heavy atom. The Labute approximate surface area is 82.3 Å². The summed E-state index contributed by atoms with van der Waals surface area (Å²) in [5.74, 6) is 0.754. The summed E-state index contributed by atoms with van der Waals surface area (Å²) in [4.78, 5) is 2.49. The maximum atomic E-state index is 5.76. The van der Waals surface area contributed by atoms with Gasteiger partial charge < -0.3 is 9.64 Å². The summed E-state index contributed by atoms with van der Waals surface area (Å²) in [5, 5.41) is 0. The molecule has 78 valence electrons. The fourth-order valence-electron chi connectivity index (χ4n) is 1.81. The van der Waals surface area contributed by atoms with Gasteiger partial charge in [-0.2, -0.15) is 0 Å². The molecule has 1 atom stereocenters. The maximum Gasteiger partial charge on any atom is 0.0603 e. The van der Waals surface area contributed by atoms with Crippen LogP contribution >= 0.6 is 0 Å². The zero-order chi connectivity index (χ0) is 10.0. The van der Waals surface area contributed by atoms with Gasteiger partial charge in [0.25, 0.3) is 0 Å². The van der Waals surface area contributed by atoms with Crippen molar-refractivity contribution in [3.8, 4) is 0 Å². The smallest absolute Gasteiger partial charge is 0.0603 e. The molecule has 1 heterocycles. The van der Waals surface area contributed by atoms with Gasteiger partial charge in [-0.3, -0.25) is 0 Å². The van der Waals surface area contributed by atoms with E-state index in [0.29, 0.717) is 18.2 Å². The molecule has 0 radical (unpaired) electrons. The van der Waals surface area contributed by atoms with E-state index in [4.69, 9.17) is 4.74 Å². The fraction of sp³-hybridized carbons (Fsp3) is 1.00. The Kier molecular flexibility index (Phi) is 3.74. The number of hydrogen-bond acceptors (Lipinski definition) is 2. The van der Waals surface area contributed by atoms with Crippen LogP contribution in [0.1, 0.15) is 34.6 Å². The molecule has 0 aromatic carbocycles. The van der Waals surface area contributed by atoms with Crippen LogP contribution in [-0.4, -0.2) is 36.2 Å². The number of hydrogen-bond donors (Lipinski definition) is 0. The predicted molar refractivity (Wildman–Crippen MR) is 55.9 cm³/mol. The van der Waals surface area contributed by atoms with Crippen LogP contribution in [0.3, 0.4) is 0 Å². The minimum Gasteiger partial charge on any atom is -0.375 e. The normalized spacial score (nSPS) is 22.4. The summed E-state index contributed by atoms with van der Waals surface area (Å²) < 4.78 is 5.76. The average molecular weight is 185 g/mol. The summed E-state index contributed by atoms with van der Waals surface area (Å²) >= 11 is 0. The van der Waals surface area contributed by atoms with Crippen molar-refractivity contribution in [3.05, 3.63) is 0 Å². The number of likely N-dealkylation sites (tertiary alicyclic amines) is 1. The molecule has 0 saturated carbocycles. The van der Waals surface area contributed by atoms with Gasteiger partial charge in [-0.05, 0) is 34.6 Å². The molecular formula is C11H23NO. The van der Waals surface area contributed by atoms with Crippen LogP contribution in [0.4, 0.5) is 0 Å². The van der Waals surface area contributed by atoms with E-state index in [2.05, 4.69) is 39.5 Å². The Morgan fingerprint density at radius 2 is 1.62 bits per heavy atom. The first-order valence-corrected chi connectivity index (χ1v) is 5.40. The van der Waals surface area contributed by atoms with Crippen molar-refractivity contribution in [2.75, 3.05) is 13.1 Å². The number of nitrogens with zero attached hydrogens (tertiary/aromatic N) is 1. The molecule has 0 N–H and O–H groups in total. The lowest BCUT2D eigenvalue weighted by molar-refractivity contribution is -0.0721. The second-order valence-electron chi connectivity index (χ2n) is 4.70. The molecule has 2 nitrogen and oxygen atoms in total. The number of rotatable bonds is 4. The van der Waals surface area contributed by atoms with E-state index in [1.54, 1.807) is 0 Å². The van der Waals surface area contributed by atoms with Gasteiger partial charge in [0.15, 0.2) is 0 Å². The van der Waals surface area contributed by atoms with Gasteiger partial charge in [-0.1, -0.05) is 0 Å². The lowest BCUT2D eigenvalue weighted by Crippen LogP contribution is -2.54. The molecule has 1 aliphatic heterocycles. The van der Waals surface area contributed by atoms with Gasteiger partial charge in [0.05, 0.1) is 12.2 Å². The molecule has 1 fully saturated rings. The first kappa shape index (κ1) is 11.0. The fourth-order valence-corrected chi connectivity index (χ4v) is 1.81. The van der Waals surface area contributed by atoms with E-state index in [0.717, 1.165) is 5.92 Å².